The Morgan fingerprint density at radius 2 is 1.93 bits per heavy atom. The maximum Gasteiger partial charge on any atom is 0.273 e. The summed E-state index contributed by atoms with van der Waals surface area (Å²) in [5, 5.41) is 16.2. The predicted octanol–water partition coefficient (Wildman–Crippen LogP) is 3.52. The van der Waals surface area contributed by atoms with E-state index in [0.717, 1.165) is 0 Å². The number of hydrogen-bond donors (Lipinski definition) is 2. The fraction of sp³-hybridized carbons (Fsp3) is 0.222. The summed E-state index contributed by atoms with van der Waals surface area (Å²) in [7, 11) is 2.92. The first kappa shape index (κ1) is 22.5. The van der Waals surface area contributed by atoms with Crippen molar-refractivity contribution >= 4 is 50.5 Å². The van der Waals surface area contributed by atoms with Crippen LogP contribution in [0.4, 0.5) is 11.4 Å². The fourth-order valence-corrected chi connectivity index (χ4v) is 2.82. The zero-order chi connectivity index (χ0) is 21.4. The lowest BCUT2D eigenvalue weighted by Crippen LogP contribution is -2.34. The van der Waals surface area contributed by atoms with E-state index >= 15 is 0 Å². The van der Waals surface area contributed by atoms with Crippen LogP contribution in [-0.2, 0) is 4.74 Å². The Balaban J connectivity index is 2.12. The van der Waals surface area contributed by atoms with Gasteiger partial charge in [0.1, 0.15) is 18.1 Å². The van der Waals surface area contributed by atoms with Crippen molar-refractivity contribution in [3.63, 3.8) is 0 Å². The van der Waals surface area contributed by atoms with Gasteiger partial charge in [-0.15, -0.1) is 0 Å². The quantitative estimate of drug-likeness (QED) is 0.254. The van der Waals surface area contributed by atoms with E-state index in [4.69, 9.17) is 26.4 Å². The average Bonchev–Trinajstić information content (AvgIpc) is 2.69. The summed E-state index contributed by atoms with van der Waals surface area (Å²) in [6, 6.07) is 9.00. The minimum atomic E-state index is -0.537. The third-order valence-electron chi connectivity index (χ3n) is 3.60. The maximum absolute atomic E-state index is 12.7. The standard InChI is InChI=1S/C18H18BrN3O6S/c1-26-7-8-28-15-6-3-11(19)9-13(15)17(23)21-18(29)20-14-5-4-12(22(24)25)10-16(14)27-2/h3-6,9-10H,7-8H2,1-2H3,(H2,20,21,23,29). The van der Waals surface area contributed by atoms with Gasteiger partial charge in [-0.1, -0.05) is 15.9 Å². The zero-order valence-corrected chi connectivity index (χ0v) is 18.0. The topological polar surface area (TPSA) is 112 Å². The van der Waals surface area contributed by atoms with E-state index in [1.807, 2.05) is 0 Å². The predicted molar refractivity (Wildman–Crippen MR) is 115 cm³/mol. The van der Waals surface area contributed by atoms with E-state index < -0.39 is 10.8 Å². The van der Waals surface area contributed by atoms with Gasteiger partial charge >= 0.3 is 0 Å². The fourth-order valence-electron chi connectivity index (χ4n) is 2.26. The van der Waals surface area contributed by atoms with Gasteiger partial charge in [-0.3, -0.25) is 20.2 Å². The molecule has 11 heteroatoms. The number of methoxy groups -OCH3 is 2. The van der Waals surface area contributed by atoms with Gasteiger partial charge in [-0.2, -0.15) is 0 Å². The van der Waals surface area contributed by atoms with Crippen LogP contribution in [0.2, 0.25) is 0 Å². The van der Waals surface area contributed by atoms with E-state index in [2.05, 4.69) is 26.6 Å². The third-order valence-corrected chi connectivity index (χ3v) is 4.30. The van der Waals surface area contributed by atoms with Gasteiger partial charge in [0, 0.05) is 17.6 Å². The zero-order valence-electron chi connectivity index (χ0n) is 15.6. The molecule has 9 nitrogen and oxygen atoms in total. The SMILES string of the molecule is COCCOc1ccc(Br)cc1C(=O)NC(=S)Nc1ccc([N+](=O)[O-])cc1OC. The molecular weight excluding hydrogens is 466 g/mol. The molecule has 2 N–H and O–H groups in total. The summed E-state index contributed by atoms with van der Waals surface area (Å²) in [6.07, 6.45) is 0. The van der Waals surface area contributed by atoms with Crippen LogP contribution in [0.3, 0.4) is 0 Å². The average molecular weight is 484 g/mol. The molecule has 0 aliphatic carbocycles. The van der Waals surface area contributed by atoms with Crippen molar-refractivity contribution in [3.8, 4) is 11.5 Å². The van der Waals surface area contributed by atoms with Crippen LogP contribution in [0.1, 0.15) is 10.4 Å². The first-order chi connectivity index (χ1) is 13.8. The molecule has 0 heterocycles. The lowest BCUT2D eigenvalue weighted by atomic mass is 10.2. The second-order valence-electron chi connectivity index (χ2n) is 5.53. The number of rotatable bonds is 8. The summed E-state index contributed by atoms with van der Waals surface area (Å²) < 4.78 is 16.3. The second kappa shape index (κ2) is 10.7. The molecule has 1 amide bonds. The van der Waals surface area contributed by atoms with Gasteiger partial charge in [-0.25, -0.2) is 0 Å². The number of nitro benzene ring substituents is 1. The van der Waals surface area contributed by atoms with Crippen molar-refractivity contribution < 1.29 is 23.9 Å². The van der Waals surface area contributed by atoms with E-state index in [0.29, 0.717) is 22.5 Å². The van der Waals surface area contributed by atoms with Crippen molar-refractivity contribution in [1.82, 2.24) is 5.32 Å². The Labute approximate surface area is 180 Å². The normalized spacial score (nSPS) is 10.2. The van der Waals surface area contributed by atoms with Gasteiger partial charge < -0.3 is 19.5 Å². The first-order valence-electron chi connectivity index (χ1n) is 8.21. The summed E-state index contributed by atoms with van der Waals surface area (Å²) in [4.78, 5) is 23.0. The summed E-state index contributed by atoms with van der Waals surface area (Å²) in [6.45, 7) is 0.651. The molecule has 0 aliphatic rings. The van der Waals surface area contributed by atoms with Crippen molar-refractivity contribution in [2.24, 2.45) is 0 Å². The molecular formula is C18H18BrN3O6S. The van der Waals surface area contributed by atoms with E-state index in [1.54, 1.807) is 25.3 Å². The molecule has 154 valence electrons. The number of thiocarbonyl (C=S) groups is 1. The van der Waals surface area contributed by atoms with Crippen LogP contribution in [0.25, 0.3) is 0 Å². The number of nitro groups is 1. The Morgan fingerprint density at radius 1 is 1.17 bits per heavy atom. The minimum absolute atomic E-state index is 0.00929. The number of anilines is 1. The van der Waals surface area contributed by atoms with Gasteiger partial charge in [0.05, 0.1) is 36.0 Å². The molecule has 0 aromatic heterocycles. The van der Waals surface area contributed by atoms with Crippen LogP contribution in [0.15, 0.2) is 40.9 Å². The molecule has 0 radical (unpaired) electrons. The number of halogens is 1. The van der Waals surface area contributed by atoms with Crippen LogP contribution < -0.4 is 20.1 Å². The summed E-state index contributed by atoms with van der Waals surface area (Å²) in [5.74, 6) is 0.0948. The van der Waals surface area contributed by atoms with Gasteiger partial charge in [-0.05, 0) is 36.5 Å². The molecule has 2 aromatic carbocycles. The summed E-state index contributed by atoms with van der Waals surface area (Å²) >= 11 is 8.51. The van der Waals surface area contributed by atoms with E-state index in [9.17, 15) is 14.9 Å². The van der Waals surface area contributed by atoms with Crippen molar-refractivity contribution in [3.05, 3.63) is 56.5 Å². The molecule has 2 rings (SSSR count). The number of ether oxygens (including phenoxy) is 3. The lowest BCUT2D eigenvalue weighted by Gasteiger charge is -2.14. The van der Waals surface area contributed by atoms with Crippen LogP contribution in [0.5, 0.6) is 11.5 Å². The minimum Gasteiger partial charge on any atom is -0.494 e. The summed E-state index contributed by atoms with van der Waals surface area (Å²) in [5.41, 5.74) is 0.513. The lowest BCUT2D eigenvalue weighted by molar-refractivity contribution is -0.384. The molecule has 2 aromatic rings. The first-order valence-corrected chi connectivity index (χ1v) is 9.42. The Morgan fingerprint density at radius 3 is 2.59 bits per heavy atom. The molecule has 0 saturated heterocycles. The molecule has 0 spiro atoms. The van der Waals surface area contributed by atoms with Gasteiger partial charge in [0.15, 0.2) is 5.11 Å². The molecule has 0 unspecified atom stereocenters. The largest absolute Gasteiger partial charge is 0.494 e. The van der Waals surface area contributed by atoms with E-state index in [1.165, 1.54) is 25.3 Å². The Kier molecular flexibility index (Phi) is 8.31. The number of nitrogens with one attached hydrogen (secondary N) is 2. The molecule has 0 atom stereocenters. The van der Waals surface area contributed by atoms with Crippen molar-refractivity contribution in [2.45, 2.75) is 0 Å². The Hall–Kier alpha value is -2.76. The number of hydrogen-bond acceptors (Lipinski definition) is 7. The maximum atomic E-state index is 12.7. The molecule has 0 saturated carbocycles. The second-order valence-corrected chi connectivity index (χ2v) is 6.86. The van der Waals surface area contributed by atoms with Crippen LogP contribution in [-0.4, -0.2) is 43.4 Å². The molecule has 0 bridgehead atoms. The number of carbonyl (C=O) groups excluding carboxylic acids is 1. The van der Waals surface area contributed by atoms with Crippen molar-refractivity contribution in [1.29, 1.82) is 0 Å². The smallest absolute Gasteiger partial charge is 0.273 e. The van der Waals surface area contributed by atoms with Crippen LogP contribution in [0, 0.1) is 10.1 Å². The number of non-ortho nitro benzene ring substituents is 1. The van der Waals surface area contributed by atoms with Gasteiger partial charge in [0.25, 0.3) is 11.6 Å². The molecule has 29 heavy (non-hydrogen) atoms. The molecule has 0 aliphatic heterocycles. The number of carbonyl (C=O) groups is 1. The van der Waals surface area contributed by atoms with E-state index in [-0.39, 0.29) is 28.7 Å². The highest BCUT2D eigenvalue weighted by Crippen LogP contribution is 2.29. The Bertz CT molecular complexity index is 924. The van der Waals surface area contributed by atoms with Crippen molar-refractivity contribution in [2.75, 3.05) is 32.8 Å². The number of nitrogens with zero attached hydrogens (tertiary/aromatic N) is 1. The highest BCUT2D eigenvalue weighted by Gasteiger charge is 2.17. The monoisotopic (exact) mass is 483 g/mol. The third kappa shape index (κ3) is 6.38. The van der Waals surface area contributed by atoms with Crippen LogP contribution >= 0.6 is 28.1 Å². The van der Waals surface area contributed by atoms with Gasteiger partial charge in [0.2, 0.25) is 0 Å². The highest BCUT2D eigenvalue weighted by molar-refractivity contribution is 9.10. The number of amides is 1. The molecule has 0 fully saturated rings. The highest BCUT2D eigenvalue weighted by atomic mass is 79.9. The number of benzene rings is 2.